The molecule has 12 aromatic rings. The molecule has 326 valence electrons. The van der Waals surface area contributed by atoms with Crippen molar-refractivity contribution in [2.45, 2.75) is 0 Å². The van der Waals surface area contributed by atoms with Crippen LogP contribution >= 0.6 is 0 Å². The molecule has 0 saturated carbocycles. The standard InChI is InChI=1S/C66H46N2O/c1-3-5-23-54(42-52-21-16-31-64-66(52)60-43-48-19-6-7-20-49(48)44-65(60)69-64)67(53-37-34-46(35-38-53)50-36-39-56-51(41-50)33-32-47-18-8-9-24-55(47)56)40-17-22-45(4-2)57-25-10-13-28-61(57)68-62-29-14-11-26-58(62)59-27-12-15-30-63(59)68/h3-44H,1-2H2/b23-5-,40-17+,45-22+,54-42-. The highest BCUT2D eigenvalue weighted by Gasteiger charge is 2.17. The Kier molecular flexibility index (Phi) is 10.5. The van der Waals surface area contributed by atoms with E-state index in [0.717, 1.165) is 77.7 Å². The number of hydrogen-bond donors (Lipinski definition) is 0. The summed E-state index contributed by atoms with van der Waals surface area (Å²) in [6.45, 7) is 8.42. The third kappa shape index (κ3) is 7.43. The molecule has 0 bridgehead atoms. The number of rotatable bonds is 11. The van der Waals surface area contributed by atoms with Gasteiger partial charge in [-0.25, -0.2) is 0 Å². The number of para-hydroxylation sites is 3. The van der Waals surface area contributed by atoms with E-state index in [0.29, 0.717) is 0 Å². The van der Waals surface area contributed by atoms with Gasteiger partial charge in [0.05, 0.1) is 16.7 Å². The van der Waals surface area contributed by atoms with Crippen molar-refractivity contribution in [3.8, 4) is 16.8 Å². The first-order chi connectivity index (χ1) is 34.1. The predicted molar refractivity (Wildman–Crippen MR) is 296 cm³/mol. The van der Waals surface area contributed by atoms with Gasteiger partial charge in [0.1, 0.15) is 11.2 Å². The third-order valence-corrected chi connectivity index (χ3v) is 13.4. The summed E-state index contributed by atoms with van der Waals surface area (Å²) in [7, 11) is 0. The Labute approximate surface area is 401 Å². The van der Waals surface area contributed by atoms with Crippen molar-refractivity contribution in [2.24, 2.45) is 0 Å². The van der Waals surface area contributed by atoms with Crippen molar-refractivity contribution < 1.29 is 4.42 Å². The first-order valence-electron chi connectivity index (χ1n) is 23.4. The lowest BCUT2D eigenvalue weighted by molar-refractivity contribution is 0.669. The summed E-state index contributed by atoms with van der Waals surface area (Å²) in [6, 6.07) is 73.6. The summed E-state index contributed by atoms with van der Waals surface area (Å²) in [6.07, 6.45) is 16.5. The normalized spacial score (nSPS) is 12.5. The maximum absolute atomic E-state index is 6.53. The Balaban J connectivity index is 0.992. The molecule has 3 nitrogen and oxygen atoms in total. The Morgan fingerprint density at radius 1 is 0.493 bits per heavy atom. The zero-order valence-electron chi connectivity index (χ0n) is 38.0. The van der Waals surface area contributed by atoms with Gasteiger partial charge in [0.25, 0.3) is 0 Å². The fourth-order valence-electron chi connectivity index (χ4n) is 10.1. The van der Waals surface area contributed by atoms with Crippen LogP contribution in [0.3, 0.4) is 0 Å². The van der Waals surface area contributed by atoms with Crippen molar-refractivity contribution in [3.05, 3.63) is 279 Å². The minimum atomic E-state index is 0.844. The second kappa shape index (κ2) is 17.6. The summed E-state index contributed by atoms with van der Waals surface area (Å²) in [5, 5.41) is 11.9. The molecule has 69 heavy (non-hydrogen) atoms. The van der Waals surface area contributed by atoms with E-state index in [9.17, 15) is 0 Å². The van der Waals surface area contributed by atoms with E-state index in [2.05, 4.69) is 259 Å². The first kappa shape index (κ1) is 41.3. The van der Waals surface area contributed by atoms with E-state index in [-0.39, 0.29) is 0 Å². The van der Waals surface area contributed by atoms with Crippen molar-refractivity contribution in [3.63, 3.8) is 0 Å². The van der Waals surface area contributed by atoms with Crippen LogP contribution in [0.15, 0.2) is 272 Å². The Hall–Kier alpha value is -9.18. The maximum Gasteiger partial charge on any atom is 0.136 e. The van der Waals surface area contributed by atoms with Crippen LogP contribution in [0, 0.1) is 0 Å². The van der Waals surface area contributed by atoms with Crippen molar-refractivity contribution in [1.29, 1.82) is 0 Å². The number of fused-ring (bicyclic) bond motifs is 10. The number of benzene rings is 10. The summed E-state index contributed by atoms with van der Waals surface area (Å²) in [5.74, 6) is 0. The average Bonchev–Trinajstić information content (AvgIpc) is 3.95. The summed E-state index contributed by atoms with van der Waals surface area (Å²) in [5.41, 5.74) is 12.5. The van der Waals surface area contributed by atoms with E-state index in [1.165, 1.54) is 43.3 Å². The molecule has 0 unspecified atom stereocenters. The highest BCUT2D eigenvalue weighted by Crippen LogP contribution is 2.38. The molecule has 0 amide bonds. The smallest absolute Gasteiger partial charge is 0.136 e. The van der Waals surface area contributed by atoms with E-state index in [1.807, 2.05) is 18.2 Å². The van der Waals surface area contributed by atoms with Crippen LogP contribution in [0.2, 0.25) is 0 Å². The predicted octanol–water partition coefficient (Wildman–Crippen LogP) is 18.2. The van der Waals surface area contributed by atoms with E-state index in [4.69, 9.17) is 4.42 Å². The molecular weight excluding hydrogens is 837 g/mol. The van der Waals surface area contributed by atoms with Crippen LogP contribution in [0.5, 0.6) is 0 Å². The van der Waals surface area contributed by atoms with Crippen LogP contribution < -0.4 is 4.90 Å². The topological polar surface area (TPSA) is 21.3 Å². The highest BCUT2D eigenvalue weighted by atomic mass is 16.3. The minimum absolute atomic E-state index is 0.844. The molecule has 0 radical (unpaired) electrons. The molecule has 0 aliphatic carbocycles. The lowest BCUT2D eigenvalue weighted by Gasteiger charge is -2.23. The summed E-state index contributed by atoms with van der Waals surface area (Å²) in [4.78, 5) is 2.24. The minimum Gasteiger partial charge on any atom is -0.456 e. The molecule has 2 aromatic heterocycles. The van der Waals surface area contributed by atoms with Gasteiger partial charge >= 0.3 is 0 Å². The molecule has 0 atom stereocenters. The fraction of sp³-hybridized carbons (Fsp3) is 0. The van der Waals surface area contributed by atoms with Gasteiger partial charge in [-0.2, -0.15) is 0 Å². The Morgan fingerprint density at radius 2 is 1.14 bits per heavy atom. The molecule has 0 spiro atoms. The quantitative estimate of drug-likeness (QED) is 0.0953. The monoisotopic (exact) mass is 882 g/mol. The zero-order valence-corrected chi connectivity index (χ0v) is 38.0. The van der Waals surface area contributed by atoms with Gasteiger partial charge in [0.2, 0.25) is 0 Å². The summed E-state index contributed by atoms with van der Waals surface area (Å²) < 4.78 is 8.90. The molecule has 2 heterocycles. The fourth-order valence-corrected chi connectivity index (χ4v) is 10.1. The Morgan fingerprint density at radius 3 is 1.91 bits per heavy atom. The molecule has 0 saturated heterocycles. The van der Waals surface area contributed by atoms with Crippen LogP contribution in [-0.4, -0.2) is 4.57 Å². The second-order valence-corrected chi connectivity index (χ2v) is 17.4. The third-order valence-electron chi connectivity index (χ3n) is 13.4. The van der Waals surface area contributed by atoms with E-state index in [1.54, 1.807) is 0 Å². The van der Waals surface area contributed by atoms with Gasteiger partial charge in [0.15, 0.2) is 0 Å². The number of aromatic nitrogens is 1. The molecule has 0 fully saturated rings. The van der Waals surface area contributed by atoms with E-state index >= 15 is 0 Å². The average molecular weight is 883 g/mol. The number of anilines is 1. The van der Waals surface area contributed by atoms with E-state index < -0.39 is 0 Å². The Bertz CT molecular complexity index is 4060. The van der Waals surface area contributed by atoms with Crippen LogP contribution in [0.25, 0.3) is 105 Å². The number of furan rings is 1. The number of nitrogens with zero attached hydrogens (tertiary/aromatic N) is 2. The molecular formula is C66H46N2O. The zero-order chi connectivity index (χ0) is 46.3. The van der Waals surface area contributed by atoms with Gasteiger partial charge in [-0.1, -0.05) is 189 Å². The van der Waals surface area contributed by atoms with Gasteiger partial charge in [-0.05, 0) is 127 Å². The summed E-state index contributed by atoms with van der Waals surface area (Å²) >= 11 is 0. The SMILES string of the molecule is C=C/C=C\C(=C\c1cccc2oc3cc4ccccc4cc3c12)N(/C=C/C=C(\C=C)c1ccccc1-n1c2ccccc2c2ccccc21)c1ccc(-c2ccc3c(ccc4ccccc43)c2)cc1. The van der Waals surface area contributed by atoms with Crippen LogP contribution in [0.1, 0.15) is 11.1 Å². The largest absolute Gasteiger partial charge is 0.456 e. The molecule has 12 rings (SSSR count). The number of hydrogen-bond acceptors (Lipinski definition) is 2. The first-order valence-corrected chi connectivity index (χ1v) is 23.4. The van der Waals surface area contributed by atoms with Crippen LogP contribution in [0.4, 0.5) is 5.69 Å². The van der Waals surface area contributed by atoms with Crippen LogP contribution in [-0.2, 0) is 0 Å². The lowest BCUT2D eigenvalue weighted by Crippen LogP contribution is -2.14. The maximum atomic E-state index is 6.53. The van der Waals surface area contributed by atoms with Gasteiger partial charge in [-0.3, -0.25) is 0 Å². The molecule has 3 heteroatoms. The molecule has 10 aromatic carbocycles. The molecule has 0 N–H and O–H groups in total. The number of allylic oxidation sites excluding steroid dienone is 7. The van der Waals surface area contributed by atoms with Crippen molar-refractivity contribution in [1.82, 2.24) is 4.57 Å². The lowest BCUT2D eigenvalue weighted by atomic mass is 9.97. The van der Waals surface area contributed by atoms with Crippen molar-refractivity contribution in [2.75, 3.05) is 4.90 Å². The molecule has 0 aliphatic heterocycles. The second-order valence-electron chi connectivity index (χ2n) is 17.4. The van der Waals surface area contributed by atoms with Crippen molar-refractivity contribution >= 4 is 93.4 Å². The molecule has 0 aliphatic rings. The van der Waals surface area contributed by atoms with Gasteiger partial charge in [-0.15, -0.1) is 0 Å². The van der Waals surface area contributed by atoms with Gasteiger partial charge in [0, 0.05) is 44.7 Å². The highest BCUT2D eigenvalue weighted by molar-refractivity contribution is 6.14. The van der Waals surface area contributed by atoms with Gasteiger partial charge < -0.3 is 13.9 Å².